The predicted molar refractivity (Wildman–Crippen MR) is 139 cm³/mol. The van der Waals surface area contributed by atoms with E-state index in [0.717, 1.165) is 23.5 Å². The van der Waals surface area contributed by atoms with Gasteiger partial charge in [-0.1, -0.05) is 11.3 Å². The van der Waals surface area contributed by atoms with Gasteiger partial charge in [-0.2, -0.15) is 0 Å². The lowest BCUT2D eigenvalue weighted by atomic mass is 10.2. The molecule has 0 aliphatic rings. The van der Waals surface area contributed by atoms with Gasteiger partial charge in [0.25, 0.3) is 15.9 Å². The van der Waals surface area contributed by atoms with E-state index in [9.17, 15) is 22.0 Å². The number of carbonyl (C=O) groups excluding carboxylic acids is 1. The zero-order valence-corrected chi connectivity index (χ0v) is 21.4. The van der Waals surface area contributed by atoms with Crippen LogP contribution in [0.25, 0.3) is 10.2 Å². The van der Waals surface area contributed by atoms with Gasteiger partial charge in [0.2, 0.25) is 0 Å². The molecule has 5 aromatic rings. The number of carbonyl (C=O) groups is 1. The number of anilines is 2. The maximum absolute atomic E-state index is 14.3. The highest BCUT2D eigenvalue weighted by Crippen LogP contribution is 2.33. The van der Waals surface area contributed by atoms with E-state index in [1.807, 2.05) is 0 Å². The van der Waals surface area contributed by atoms with Gasteiger partial charge < -0.3 is 9.15 Å². The standard InChI is InChI=1S/C26H19F2N3O5S2/c1-35-19-8-10-21(11-9-19)38(33,34)30-18-6-4-16(5-7-18)25(32)31(15-20-3-2-12-36-20)26-29-24-22(28)13-17(27)14-23(24)37-26/h2-14,30H,15H2,1H3. The Balaban J connectivity index is 1.42. The summed E-state index contributed by atoms with van der Waals surface area (Å²) in [6.45, 7) is -0.0123. The Morgan fingerprint density at radius 3 is 2.47 bits per heavy atom. The van der Waals surface area contributed by atoms with Crippen LogP contribution in [0.15, 0.2) is 88.4 Å². The Morgan fingerprint density at radius 2 is 1.82 bits per heavy atom. The Bertz CT molecular complexity index is 1700. The fraction of sp³-hybridized carbons (Fsp3) is 0.0769. The Labute approximate surface area is 220 Å². The molecular formula is C26H19F2N3O5S2. The first-order chi connectivity index (χ1) is 18.2. The van der Waals surface area contributed by atoms with E-state index in [1.54, 1.807) is 12.1 Å². The van der Waals surface area contributed by atoms with Crippen molar-refractivity contribution in [2.75, 3.05) is 16.7 Å². The molecule has 0 aliphatic heterocycles. The zero-order valence-electron chi connectivity index (χ0n) is 19.7. The molecule has 1 amide bonds. The van der Waals surface area contributed by atoms with Crippen LogP contribution in [0, 0.1) is 11.6 Å². The minimum atomic E-state index is -3.88. The minimum absolute atomic E-state index is 0.0123. The Hall–Kier alpha value is -4.29. The maximum Gasteiger partial charge on any atom is 0.261 e. The molecule has 0 spiro atoms. The number of amides is 1. The molecule has 0 saturated carbocycles. The number of ether oxygens (including phenoxy) is 1. The highest BCUT2D eigenvalue weighted by molar-refractivity contribution is 7.92. The molecule has 0 bridgehead atoms. The smallest absolute Gasteiger partial charge is 0.261 e. The van der Waals surface area contributed by atoms with Gasteiger partial charge in [0.15, 0.2) is 10.9 Å². The quantitative estimate of drug-likeness (QED) is 0.259. The van der Waals surface area contributed by atoms with Gasteiger partial charge in [0.05, 0.1) is 29.5 Å². The van der Waals surface area contributed by atoms with Gasteiger partial charge in [-0.15, -0.1) is 0 Å². The predicted octanol–water partition coefficient (Wildman–Crippen LogP) is 5.82. The molecule has 0 unspecified atom stereocenters. The molecular weight excluding hydrogens is 536 g/mol. The van der Waals surface area contributed by atoms with Crippen molar-refractivity contribution in [1.29, 1.82) is 0 Å². The third kappa shape index (κ3) is 5.22. The van der Waals surface area contributed by atoms with Crippen LogP contribution in [0.3, 0.4) is 0 Å². The van der Waals surface area contributed by atoms with Crippen molar-refractivity contribution in [1.82, 2.24) is 4.98 Å². The molecule has 0 fully saturated rings. The fourth-order valence-electron chi connectivity index (χ4n) is 3.65. The number of rotatable bonds is 8. The average molecular weight is 556 g/mol. The van der Waals surface area contributed by atoms with Crippen LogP contribution < -0.4 is 14.4 Å². The minimum Gasteiger partial charge on any atom is -0.497 e. The number of aromatic nitrogens is 1. The molecule has 8 nitrogen and oxygen atoms in total. The number of sulfonamides is 1. The van der Waals surface area contributed by atoms with Crippen molar-refractivity contribution in [3.63, 3.8) is 0 Å². The number of benzene rings is 3. The summed E-state index contributed by atoms with van der Waals surface area (Å²) in [7, 11) is -2.39. The van der Waals surface area contributed by atoms with Crippen molar-refractivity contribution in [2.45, 2.75) is 11.4 Å². The van der Waals surface area contributed by atoms with E-state index in [0.29, 0.717) is 11.5 Å². The van der Waals surface area contributed by atoms with Crippen molar-refractivity contribution in [3.8, 4) is 5.75 Å². The third-order valence-electron chi connectivity index (χ3n) is 5.53. The normalized spacial score (nSPS) is 11.4. The summed E-state index contributed by atoms with van der Waals surface area (Å²) in [6, 6.07) is 16.9. The first kappa shape index (κ1) is 25.4. The number of thiazole rings is 1. The van der Waals surface area contributed by atoms with E-state index in [1.165, 1.54) is 66.8 Å². The topological polar surface area (TPSA) is 102 Å². The summed E-state index contributed by atoms with van der Waals surface area (Å²) >= 11 is 0.962. The SMILES string of the molecule is COc1ccc(S(=O)(=O)Nc2ccc(C(=O)N(Cc3ccco3)c3nc4c(F)cc(F)cc4s3)cc2)cc1. The fourth-order valence-corrected chi connectivity index (χ4v) is 5.71. The third-order valence-corrected chi connectivity index (χ3v) is 7.95. The molecule has 194 valence electrons. The lowest BCUT2D eigenvalue weighted by Gasteiger charge is -2.19. The molecule has 0 saturated heterocycles. The molecule has 38 heavy (non-hydrogen) atoms. The van der Waals surface area contributed by atoms with E-state index in [4.69, 9.17) is 9.15 Å². The molecule has 0 aliphatic carbocycles. The number of fused-ring (bicyclic) bond motifs is 1. The summed E-state index contributed by atoms with van der Waals surface area (Å²) in [5, 5.41) is 0.148. The number of methoxy groups -OCH3 is 1. The molecule has 2 heterocycles. The molecule has 2 aromatic heterocycles. The van der Waals surface area contributed by atoms with E-state index >= 15 is 0 Å². The summed E-state index contributed by atoms with van der Waals surface area (Å²) in [4.78, 5) is 19.1. The van der Waals surface area contributed by atoms with Gasteiger partial charge in [0, 0.05) is 17.3 Å². The summed E-state index contributed by atoms with van der Waals surface area (Å²) in [5.41, 5.74) is 0.411. The Kier molecular flexibility index (Phi) is 6.83. The second-order valence-electron chi connectivity index (χ2n) is 8.06. The maximum atomic E-state index is 14.3. The number of hydrogen-bond acceptors (Lipinski definition) is 7. The van der Waals surface area contributed by atoms with Gasteiger partial charge in [-0.05, 0) is 66.7 Å². The van der Waals surface area contributed by atoms with Crippen LogP contribution >= 0.6 is 11.3 Å². The number of nitrogens with zero attached hydrogens (tertiary/aromatic N) is 2. The van der Waals surface area contributed by atoms with Crippen LogP contribution in [0.1, 0.15) is 16.1 Å². The average Bonchev–Trinajstić information content (AvgIpc) is 3.57. The van der Waals surface area contributed by atoms with Crippen molar-refractivity contribution < 1.29 is 31.1 Å². The molecule has 0 atom stereocenters. The summed E-state index contributed by atoms with van der Waals surface area (Å²) < 4.78 is 66.6. The Morgan fingerprint density at radius 1 is 1.08 bits per heavy atom. The van der Waals surface area contributed by atoms with Crippen LogP contribution in [0.5, 0.6) is 5.75 Å². The number of hydrogen-bond donors (Lipinski definition) is 1. The van der Waals surface area contributed by atoms with Gasteiger partial charge in [-0.25, -0.2) is 22.2 Å². The second kappa shape index (κ2) is 10.2. The van der Waals surface area contributed by atoms with Crippen molar-refractivity contribution in [2.24, 2.45) is 0 Å². The highest BCUT2D eigenvalue weighted by Gasteiger charge is 2.24. The highest BCUT2D eigenvalue weighted by atomic mass is 32.2. The monoisotopic (exact) mass is 555 g/mol. The zero-order chi connectivity index (χ0) is 26.9. The number of halogens is 2. The first-order valence-corrected chi connectivity index (χ1v) is 13.4. The van der Waals surface area contributed by atoms with E-state index in [2.05, 4.69) is 9.71 Å². The molecule has 12 heteroatoms. The molecule has 1 N–H and O–H groups in total. The van der Waals surface area contributed by atoms with Gasteiger partial charge in [-0.3, -0.25) is 14.4 Å². The largest absolute Gasteiger partial charge is 0.497 e. The van der Waals surface area contributed by atoms with Crippen LogP contribution in [0.4, 0.5) is 19.6 Å². The molecule has 5 rings (SSSR count). The number of furan rings is 1. The van der Waals surface area contributed by atoms with E-state index < -0.39 is 27.6 Å². The van der Waals surface area contributed by atoms with Crippen LogP contribution in [-0.2, 0) is 16.6 Å². The molecule has 3 aromatic carbocycles. The van der Waals surface area contributed by atoms with Gasteiger partial charge in [0.1, 0.15) is 22.8 Å². The second-order valence-corrected chi connectivity index (χ2v) is 10.8. The lowest BCUT2D eigenvalue weighted by molar-refractivity contribution is 0.0983. The van der Waals surface area contributed by atoms with E-state index in [-0.39, 0.29) is 38.0 Å². The summed E-state index contributed by atoms with van der Waals surface area (Å²) in [5.74, 6) is -1.10. The van der Waals surface area contributed by atoms with Crippen molar-refractivity contribution in [3.05, 3.63) is 102 Å². The summed E-state index contributed by atoms with van der Waals surface area (Å²) in [6.07, 6.45) is 1.45. The van der Waals surface area contributed by atoms with Gasteiger partial charge >= 0.3 is 0 Å². The van der Waals surface area contributed by atoms with Crippen LogP contribution in [0.2, 0.25) is 0 Å². The molecule has 0 radical (unpaired) electrons. The number of nitrogens with one attached hydrogen (secondary N) is 1. The van der Waals surface area contributed by atoms with Crippen molar-refractivity contribution >= 4 is 48.3 Å². The van der Waals surface area contributed by atoms with Crippen LogP contribution in [-0.4, -0.2) is 26.4 Å². The lowest BCUT2D eigenvalue weighted by Crippen LogP contribution is -2.30. The first-order valence-electron chi connectivity index (χ1n) is 11.1.